The molecule has 0 bridgehead atoms. The Hall–Kier alpha value is -0.293. The van der Waals surface area contributed by atoms with Gasteiger partial charge in [0.1, 0.15) is 5.78 Å². The first-order chi connectivity index (χ1) is 13.4. The van der Waals surface area contributed by atoms with E-state index in [1.807, 2.05) is 13.8 Å². The van der Waals surface area contributed by atoms with E-state index in [0.29, 0.717) is 18.6 Å². The summed E-state index contributed by atoms with van der Waals surface area (Å²) in [5, 5.41) is 0. The van der Waals surface area contributed by atoms with Crippen LogP contribution < -0.4 is 0 Å². The molecule has 0 amide bonds. The van der Waals surface area contributed by atoms with E-state index >= 15 is 8.78 Å². The summed E-state index contributed by atoms with van der Waals surface area (Å²) in [5.74, 6) is -3.16. The Morgan fingerprint density at radius 2 is 1.72 bits per heavy atom. The fourth-order valence-electron chi connectivity index (χ4n) is 6.38. The average molecular weight is 431 g/mol. The number of carbonyl (C=O) groups is 1. The summed E-state index contributed by atoms with van der Waals surface area (Å²) in [6.07, 6.45) is 4.23. The second-order valence-corrected chi connectivity index (χ2v) is 15.4. The van der Waals surface area contributed by atoms with Crippen molar-refractivity contribution in [1.82, 2.24) is 0 Å². The van der Waals surface area contributed by atoms with Crippen LogP contribution in [-0.2, 0) is 9.22 Å². The van der Waals surface area contributed by atoms with Crippen molar-refractivity contribution in [2.24, 2.45) is 23.2 Å². The number of carbonyl (C=O) groups excluding carboxylic acids is 1. The van der Waals surface area contributed by atoms with Gasteiger partial charge in [-0.1, -0.05) is 34.6 Å². The molecule has 0 N–H and O–H groups in total. The average Bonchev–Trinajstić information content (AvgIpc) is 3.02. The molecule has 0 aromatic heterocycles. The van der Waals surface area contributed by atoms with Gasteiger partial charge in [0.05, 0.1) is 5.60 Å². The molecule has 0 aromatic carbocycles. The number of ketones is 1. The normalized spacial score (nSPS) is 29.8. The van der Waals surface area contributed by atoms with Crippen molar-refractivity contribution in [3.63, 3.8) is 0 Å². The van der Waals surface area contributed by atoms with Crippen LogP contribution in [0, 0.1) is 23.2 Å². The smallest absolute Gasteiger partial charge is 0.251 e. The van der Waals surface area contributed by atoms with E-state index in [0.717, 1.165) is 43.8 Å². The van der Waals surface area contributed by atoms with E-state index in [4.69, 9.17) is 4.43 Å². The molecule has 0 aliphatic heterocycles. The Morgan fingerprint density at radius 1 is 1.14 bits per heavy atom. The van der Waals surface area contributed by atoms with Crippen LogP contribution >= 0.6 is 0 Å². The van der Waals surface area contributed by atoms with Gasteiger partial charge in [0, 0.05) is 24.7 Å². The van der Waals surface area contributed by atoms with Gasteiger partial charge in [-0.25, -0.2) is 8.78 Å². The lowest BCUT2D eigenvalue weighted by Crippen LogP contribution is -2.46. The van der Waals surface area contributed by atoms with Crippen LogP contribution in [0.15, 0.2) is 0 Å². The lowest BCUT2D eigenvalue weighted by atomic mass is 9.61. The zero-order valence-electron chi connectivity index (χ0n) is 19.9. The number of hydrogen-bond donors (Lipinski definition) is 0. The second kappa shape index (κ2) is 9.06. The highest BCUT2D eigenvalue weighted by Crippen LogP contribution is 2.59. The predicted octanol–water partition coefficient (Wildman–Crippen LogP) is 7.62. The topological polar surface area (TPSA) is 26.3 Å². The van der Waals surface area contributed by atoms with Crippen molar-refractivity contribution < 1.29 is 18.0 Å². The monoisotopic (exact) mass is 430 g/mol. The van der Waals surface area contributed by atoms with Gasteiger partial charge >= 0.3 is 0 Å². The molecule has 0 saturated heterocycles. The third kappa shape index (κ3) is 5.14. The van der Waals surface area contributed by atoms with Crippen LogP contribution in [0.25, 0.3) is 0 Å². The molecule has 0 radical (unpaired) electrons. The number of rotatable bonds is 10. The summed E-state index contributed by atoms with van der Waals surface area (Å²) in [6, 6.07) is 3.10. The molecule has 5 heteroatoms. The minimum Gasteiger partial charge on any atom is -0.412 e. The van der Waals surface area contributed by atoms with Crippen LogP contribution in [0.2, 0.25) is 18.1 Å². The minimum atomic E-state index is -2.72. The Kier molecular flexibility index (Phi) is 7.80. The van der Waals surface area contributed by atoms with E-state index < -0.39 is 25.8 Å². The predicted molar refractivity (Wildman–Crippen MR) is 119 cm³/mol. The highest BCUT2D eigenvalue weighted by atomic mass is 28.4. The lowest BCUT2D eigenvalue weighted by Gasteiger charge is -2.44. The first-order valence-corrected chi connectivity index (χ1v) is 14.5. The molecule has 2 fully saturated rings. The van der Waals surface area contributed by atoms with Gasteiger partial charge in [-0.15, -0.1) is 0 Å². The van der Waals surface area contributed by atoms with Crippen LogP contribution in [0.1, 0.15) is 93.4 Å². The van der Waals surface area contributed by atoms with Crippen molar-refractivity contribution in [3.8, 4) is 0 Å². The maximum Gasteiger partial charge on any atom is 0.251 e. The number of alkyl halides is 2. The molecule has 2 aliphatic carbocycles. The van der Waals surface area contributed by atoms with Crippen molar-refractivity contribution in [2.45, 2.75) is 123 Å². The number of halogens is 2. The maximum absolute atomic E-state index is 15.4. The highest BCUT2D eigenvalue weighted by molar-refractivity contribution is 6.73. The number of fused-ring (bicyclic) bond motifs is 1. The van der Waals surface area contributed by atoms with Crippen LogP contribution in [-0.4, -0.2) is 25.6 Å². The van der Waals surface area contributed by atoms with Gasteiger partial charge in [0.25, 0.3) is 5.92 Å². The van der Waals surface area contributed by atoms with Crippen molar-refractivity contribution in [2.75, 3.05) is 0 Å². The second-order valence-electron chi connectivity index (χ2n) is 10.7. The van der Waals surface area contributed by atoms with Gasteiger partial charge in [0.15, 0.2) is 8.32 Å². The van der Waals surface area contributed by atoms with Gasteiger partial charge in [-0.3, -0.25) is 4.79 Å². The van der Waals surface area contributed by atoms with Gasteiger partial charge < -0.3 is 4.43 Å². The standard InChI is InChI=1S/C24H44F2O2Si/c1-8-29(9-2,10-3)28-22(5,6)16-17-24(25,26)18(4)19-13-14-20-21(27)12-11-15-23(19,20)7/h18-20H,8-17H2,1-7H3/t18?,19-,20+,23-/m1/s1. The van der Waals surface area contributed by atoms with Crippen molar-refractivity contribution >= 4 is 14.1 Å². The van der Waals surface area contributed by atoms with Crippen LogP contribution in [0.3, 0.4) is 0 Å². The molecule has 2 nitrogen and oxygen atoms in total. The molecule has 2 rings (SSSR count). The zero-order valence-corrected chi connectivity index (χ0v) is 20.9. The van der Waals surface area contributed by atoms with E-state index in [2.05, 4.69) is 27.7 Å². The number of hydrogen-bond acceptors (Lipinski definition) is 2. The Balaban J connectivity index is 2.06. The molecule has 2 saturated carbocycles. The third-order valence-corrected chi connectivity index (χ3v) is 13.5. The molecule has 0 aromatic rings. The Bertz CT molecular complexity index is 565. The lowest BCUT2D eigenvalue weighted by molar-refractivity contribution is -0.136. The zero-order chi connectivity index (χ0) is 22.1. The van der Waals surface area contributed by atoms with E-state index in [1.54, 1.807) is 6.92 Å². The quantitative estimate of drug-likeness (QED) is 0.333. The maximum atomic E-state index is 15.4. The van der Waals surface area contributed by atoms with Crippen LogP contribution in [0.4, 0.5) is 8.78 Å². The molecule has 0 spiro atoms. The van der Waals surface area contributed by atoms with Crippen molar-refractivity contribution in [1.29, 1.82) is 0 Å². The number of Topliss-reactive ketones (excluding diaryl/α,β-unsaturated/α-hetero) is 1. The fourth-order valence-corrected chi connectivity index (χ4v) is 9.59. The minimum absolute atomic E-state index is 0.00422. The summed E-state index contributed by atoms with van der Waals surface area (Å²) < 4.78 is 37.3. The summed E-state index contributed by atoms with van der Waals surface area (Å²) in [6.45, 7) is 14.3. The molecule has 2 aliphatic rings. The molecular weight excluding hydrogens is 386 g/mol. The molecule has 0 heterocycles. The summed E-state index contributed by atoms with van der Waals surface area (Å²) in [7, 11) is -1.83. The van der Waals surface area contributed by atoms with E-state index in [-0.39, 0.29) is 23.7 Å². The van der Waals surface area contributed by atoms with E-state index in [9.17, 15) is 4.79 Å². The Morgan fingerprint density at radius 3 is 2.28 bits per heavy atom. The van der Waals surface area contributed by atoms with Gasteiger partial charge in [0.2, 0.25) is 0 Å². The summed E-state index contributed by atoms with van der Waals surface area (Å²) in [4.78, 5) is 12.4. The third-order valence-electron chi connectivity index (χ3n) is 8.69. The summed E-state index contributed by atoms with van der Waals surface area (Å²) in [5.41, 5.74) is -0.751. The highest BCUT2D eigenvalue weighted by Gasteiger charge is 2.56. The SMILES string of the molecule is CC[Si](CC)(CC)OC(C)(C)CCC(F)(F)C(C)[C@H]1CC[C@H]2C(=O)CCC[C@]12C. The Labute approximate surface area is 178 Å². The molecule has 4 atom stereocenters. The summed E-state index contributed by atoms with van der Waals surface area (Å²) >= 11 is 0. The van der Waals surface area contributed by atoms with Gasteiger partial charge in [-0.2, -0.15) is 0 Å². The van der Waals surface area contributed by atoms with Crippen LogP contribution in [0.5, 0.6) is 0 Å². The largest absolute Gasteiger partial charge is 0.412 e. The van der Waals surface area contributed by atoms with E-state index in [1.165, 1.54) is 0 Å². The first-order valence-electron chi connectivity index (χ1n) is 12.0. The van der Waals surface area contributed by atoms with Gasteiger partial charge in [-0.05, 0) is 75.4 Å². The molecular formula is C24H44F2O2Si. The fraction of sp³-hybridized carbons (Fsp3) is 0.958. The molecule has 29 heavy (non-hydrogen) atoms. The molecule has 1 unspecified atom stereocenters. The van der Waals surface area contributed by atoms with Crippen molar-refractivity contribution in [3.05, 3.63) is 0 Å². The molecule has 170 valence electrons. The first kappa shape index (κ1) is 25.0.